The Hall–Kier alpha value is -0.120. The first-order chi connectivity index (χ1) is 5.25. The quantitative estimate of drug-likeness (QED) is 0.615. The number of nitrogens with one attached hydrogen (secondary N) is 1. The zero-order valence-corrected chi connectivity index (χ0v) is 7.80. The zero-order valence-electron chi connectivity index (χ0n) is 7.80. The lowest BCUT2D eigenvalue weighted by molar-refractivity contribution is 0.0192. The second-order valence-corrected chi connectivity index (χ2v) is 3.25. The molecule has 0 bridgehead atoms. The van der Waals surface area contributed by atoms with Gasteiger partial charge in [-0.15, -0.1) is 0 Å². The maximum absolute atomic E-state index is 3.44. The lowest BCUT2D eigenvalue weighted by Crippen LogP contribution is -2.57. The van der Waals surface area contributed by atoms with E-state index in [0.717, 1.165) is 6.54 Å². The van der Waals surface area contributed by atoms with Gasteiger partial charge in [-0.25, -0.2) is 0 Å². The van der Waals surface area contributed by atoms with Crippen LogP contribution in [0.1, 0.15) is 13.3 Å². The van der Waals surface area contributed by atoms with Gasteiger partial charge in [0.05, 0.1) is 0 Å². The Kier molecular flexibility index (Phi) is 3.30. The molecule has 0 unspecified atom stereocenters. The van der Waals surface area contributed by atoms with Crippen LogP contribution in [0.3, 0.4) is 0 Å². The van der Waals surface area contributed by atoms with E-state index in [9.17, 15) is 0 Å². The minimum Gasteiger partial charge on any atom is -0.290 e. The molecule has 1 heterocycles. The second kappa shape index (κ2) is 4.04. The molecular weight excluding hydrogens is 138 g/mol. The van der Waals surface area contributed by atoms with Crippen molar-refractivity contribution in [2.75, 3.05) is 33.7 Å². The molecule has 0 aromatic carbocycles. The largest absolute Gasteiger partial charge is 0.290 e. The third-order valence-corrected chi connectivity index (χ3v) is 2.24. The lowest BCUT2D eigenvalue weighted by Gasteiger charge is -2.40. The van der Waals surface area contributed by atoms with Gasteiger partial charge >= 0.3 is 0 Å². The third-order valence-electron chi connectivity index (χ3n) is 2.24. The van der Waals surface area contributed by atoms with E-state index < -0.39 is 0 Å². The van der Waals surface area contributed by atoms with Gasteiger partial charge < -0.3 is 0 Å². The standard InChI is InChI=1S/C8H19N3/c1-4-9-8-10(2)6-5-7-11(8)3/h8-9H,4-7H2,1-3H3. The molecule has 0 spiro atoms. The summed E-state index contributed by atoms with van der Waals surface area (Å²) >= 11 is 0. The first-order valence-electron chi connectivity index (χ1n) is 4.39. The van der Waals surface area contributed by atoms with Gasteiger partial charge in [0.2, 0.25) is 0 Å². The van der Waals surface area contributed by atoms with E-state index in [-0.39, 0.29) is 0 Å². The average Bonchev–Trinajstić information content (AvgIpc) is 1.97. The highest BCUT2D eigenvalue weighted by atomic mass is 15.4. The van der Waals surface area contributed by atoms with Crippen LogP contribution in [0.4, 0.5) is 0 Å². The van der Waals surface area contributed by atoms with Crippen molar-refractivity contribution in [3.05, 3.63) is 0 Å². The van der Waals surface area contributed by atoms with Gasteiger partial charge in [-0.05, 0) is 27.1 Å². The van der Waals surface area contributed by atoms with E-state index in [1.807, 2.05) is 0 Å². The van der Waals surface area contributed by atoms with Crippen LogP contribution in [0.15, 0.2) is 0 Å². The highest BCUT2D eigenvalue weighted by Gasteiger charge is 2.21. The highest BCUT2D eigenvalue weighted by Crippen LogP contribution is 2.06. The zero-order chi connectivity index (χ0) is 8.27. The van der Waals surface area contributed by atoms with Gasteiger partial charge in [-0.3, -0.25) is 15.1 Å². The summed E-state index contributed by atoms with van der Waals surface area (Å²) in [6, 6.07) is 0. The summed E-state index contributed by atoms with van der Waals surface area (Å²) in [7, 11) is 4.34. The molecule has 0 atom stereocenters. The van der Waals surface area contributed by atoms with E-state index in [4.69, 9.17) is 0 Å². The normalized spacial score (nSPS) is 24.3. The predicted octanol–water partition coefficient (Wildman–Crippen LogP) is 0.147. The topological polar surface area (TPSA) is 18.5 Å². The van der Waals surface area contributed by atoms with E-state index in [1.54, 1.807) is 0 Å². The minimum absolute atomic E-state index is 0.453. The van der Waals surface area contributed by atoms with Crippen LogP contribution >= 0.6 is 0 Å². The molecule has 66 valence electrons. The third kappa shape index (κ3) is 2.15. The number of nitrogens with zero attached hydrogens (tertiary/aromatic N) is 2. The highest BCUT2D eigenvalue weighted by molar-refractivity contribution is 4.71. The molecule has 11 heavy (non-hydrogen) atoms. The second-order valence-electron chi connectivity index (χ2n) is 3.25. The van der Waals surface area contributed by atoms with Crippen LogP contribution in [0.5, 0.6) is 0 Å². The van der Waals surface area contributed by atoms with E-state index in [2.05, 4.69) is 36.1 Å². The SMILES string of the molecule is CCNC1N(C)CCCN1C. The van der Waals surface area contributed by atoms with Crippen molar-refractivity contribution in [1.82, 2.24) is 15.1 Å². The van der Waals surface area contributed by atoms with Crippen LogP contribution in [0.2, 0.25) is 0 Å². The van der Waals surface area contributed by atoms with Crippen molar-refractivity contribution in [2.45, 2.75) is 19.6 Å². The Labute approximate surface area is 69.4 Å². The molecule has 0 saturated carbocycles. The average molecular weight is 157 g/mol. The summed E-state index contributed by atoms with van der Waals surface area (Å²) in [5.74, 6) is 0. The monoisotopic (exact) mass is 157 g/mol. The molecule has 0 aromatic heterocycles. The summed E-state index contributed by atoms with van der Waals surface area (Å²) in [4.78, 5) is 4.71. The van der Waals surface area contributed by atoms with E-state index in [0.29, 0.717) is 6.29 Å². The van der Waals surface area contributed by atoms with Crippen LogP contribution in [0.25, 0.3) is 0 Å². The van der Waals surface area contributed by atoms with Gasteiger partial charge in [-0.1, -0.05) is 6.92 Å². The van der Waals surface area contributed by atoms with Gasteiger partial charge in [0.25, 0.3) is 0 Å². The molecule has 0 radical (unpaired) electrons. The summed E-state index contributed by atoms with van der Waals surface area (Å²) in [5, 5.41) is 3.44. The Bertz CT molecular complexity index is 106. The molecule has 1 fully saturated rings. The number of hydrogen-bond donors (Lipinski definition) is 1. The van der Waals surface area contributed by atoms with Crippen LogP contribution in [-0.4, -0.2) is 49.8 Å². The van der Waals surface area contributed by atoms with Gasteiger partial charge in [-0.2, -0.15) is 0 Å². The van der Waals surface area contributed by atoms with Crippen LogP contribution in [0, 0.1) is 0 Å². The molecular formula is C8H19N3. The Balaban J connectivity index is 2.41. The van der Waals surface area contributed by atoms with Gasteiger partial charge in [0.15, 0.2) is 0 Å². The van der Waals surface area contributed by atoms with Crippen molar-refractivity contribution >= 4 is 0 Å². The summed E-state index contributed by atoms with van der Waals surface area (Å²) in [6.45, 7) is 5.61. The van der Waals surface area contributed by atoms with Crippen molar-refractivity contribution < 1.29 is 0 Å². The fraction of sp³-hybridized carbons (Fsp3) is 1.00. The first kappa shape index (κ1) is 8.97. The summed E-state index contributed by atoms with van der Waals surface area (Å²) < 4.78 is 0. The summed E-state index contributed by atoms with van der Waals surface area (Å²) in [6.07, 6.45) is 1.74. The van der Waals surface area contributed by atoms with E-state index in [1.165, 1.54) is 19.5 Å². The minimum atomic E-state index is 0.453. The molecule has 3 heteroatoms. The van der Waals surface area contributed by atoms with Crippen molar-refractivity contribution in [1.29, 1.82) is 0 Å². The predicted molar refractivity (Wildman–Crippen MR) is 47.3 cm³/mol. The fourth-order valence-electron chi connectivity index (χ4n) is 1.64. The van der Waals surface area contributed by atoms with Crippen molar-refractivity contribution in [2.24, 2.45) is 0 Å². The molecule has 1 N–H and O–H groups in total. The van der Waals surface area contributed by atoms with Gasteiger partial charge in [0, 0.05) is 13.1 Å². The Morgan fingerprint density at radius 2 is 1.82 bits per heavy atom. The molecule has 1 saturated heterocycles. The molecule has 0 aromatic rings. The van der Waals surface area contributed by atoms with E-state index >= 15 is 0 Å². The smallest absolute Gasteiger partial charge is 0.116 e. The maximum atomic E-state index is 3.44. The lowest BCUT2D eigenvalue weighted by atomic mass is 10.3. The first-order valence-corrected chi connectivity index (χ1v) is 4.39. The van der Waals surface area contributed by atoms with Crippen LogP contribution in [-0.2, 0) is 0 Å². The van der Waals surface area contributed by atoms with Gasteiger partial charge in [0.1, 0.15) is 6.29 Å². The number of rotatable bonds is 2. The Morgan fingerprint density at radius 1 is 1.27 bits per heavy atom. The van der Waals surface area contributed by atoms with Crippen molar-refractivity contribution in [3.8, 4) is 0 Å². The molecule has 1 aliphatic heterocycles. The Morgan fingerprint density at radius 3 is 2.27 bits per heavy atom. The number of hydrogen-bond acceptors (Lipinski definition) is 3. The molecule has 1 aliphatic rings. The maximum Gasteiger partial charge on any atom is 0.116 e. The molecule has 0 amide bonds. The summed E-state index contributed by atoms with van der Waals surface area (Å²) in [5.41, 5.74) is 0. The fourth-order valence-corrected chi connectivity index (χ4v) is 1.64. The van der Waals surface area contributed by atoms with Crippen LogP contribution < -0.4 is 5.32 Å². The van der Waals surface area contributed by atoms with Crippen molar-refractivity contribution in [3.63, 3.8) is 0 Å². The molecule has 3 nitrogen and oxygen atoms in total. The molecule has 0 aliphatic carbocycles. The molecule has 1 rings (SSSR count).